The van der Waals surface area contributed by atoms with E-state index in [1.807, 2.05) is 0 Å². The third-order valence-electron chi connectivity index (χ3n) is 3.72. The van der Waals surface area contributed by atoms with Crippen molar-refractivity contribution in [3.63, 3.8) is 0 Å². The zero-order chi connectivity index (χ0) is 12.2. The molecule has 18 heavy (non-hydrogen) atoms. The van der Waals surface area contributed by atoms with Gasteiger partial charge in [-0.2, -0.15) is 0 Å². The van der Waals surface area contributed by atoms with Gasteiger partial charge in [0.05, 0.1) is 6.61 Å². The van der Waals surface area contributed by atoms with E-state index in [9.17, 15) is 0 Å². The molecule has 1 heterocycles. The van der Waals surface area contributed by atoms with E-state index in [0.717, 1.165) is 51.0 Å². The van der Waals surface area contributed by atoms with Gasteiger partial charge in [-0.3, -0.25) is 4.90 Å². The van der Waals surface area contributed by atoms with E-state index in [1.54, 1.807) is 0 Å². The van der Waals surface area contributed by atoms with E-state index in [1.165, 1.54) is 18.4 Å². The van der Waals surface area contributed by atoms with E-state index in [-0.39, 0.29) is 0 Å². The van der Waals surface area contributed by atoms with Crippen LogP contribution in [0.4, 0.5) is 0 Å². The van der Waals surface area contributed by atoms with E-state index >= 15 is 0 Å². The Balaban J connectivity index is 1.49. The van der Waals surface area contributed by atoms with Gasteiger partial charge in [-0.25, -0.2) is 0 Å². The molecule has 3 nitrogen and oxygen atoms in total. The molecule has 98 valence electrons. The molecule has 0 bridgehead atoms. The lowest BCUT2D eigenvalue weighted by atomic mass is 10.2. The van der Waals surface area contributed by atoms with Gasteiger partial charge in [-0.15, -0.1) is 0 Å². The zero-order valence-electron chi connectivity index (χ0n) is 10.9. The van der Waals surface area contributed by atoms with Crippen molar-refractivity contribution in [3.8, 4) is 5.75 Å². The monoisotopic (exact) mass is 246 g/mol. The minimum absolute atomic E-state index is 0.825. The number of piperazine rings is 1. The zero-order valence-corrected chi connectivity index (χ0v) is 10.9. The molecule has 1 saturated carbocycles. The summed E-state index contributed by atoms with van der Waals surface area (Å²) in [5.41, 5.74) is 1.38. The molecule has 3 rings (SSSR count). The smallest absolute Gasteiger partial charge is 0.119 e. The lowest BCUT2D eigenvalue weighted by Gasteiger charge is -2.27. The van der Waals surface area contributed by atoms with Gasteiger partial charge >= 0.3 is 0 Å². The highest BCUT2D eigenvalue weighted by molar-refractivity contribution is 5.27. The fraction of sp³-hybridized carbons (Fsp3) is 0.600. The van der Waals surface area contributed by atoms with Gasteiger partial charge in [0.25, 0.3) is 0 Å². The lowest BCUT2D eigenvalue weighted by molar-refractivity contribution is 0.233. The van der Waals surface area contributed by atoms with E-state index in [4.69, 9.17) is 4.74 Å². The summed E-state index contributed by atoms with van der Waals surface area (Å²) in [6.07, 6.45) is 2.70. The summed E-state index contributed by atoms with van der Waals surface area (Å²) in [7, 11) is 0. The highest BCUT2D eigenvalue weighted by atomic mass is 16.5. The Morgan fingerprint density at radius 2 is 1.83 bits per heavy atom. The minimum atomic E-state index is 0.825. The van der Waals surface area contributed by atoms with Crippen molar-refractivity contribution in [3.05, 3.63) is 29.8 Å². The van der Waals surface area contributed by atoms with Crippen molar-refractivity contribution in [2.24, 2.45) is 5.92 Å². The predicted molar refractivity (Wildman–Crippen MR) is 72.8 cm³/mol. The molecule has 0 aromatic heterocycles. The average Bonchev–Trinajstić information content (AvgIpc) is 3.23. The van der Waals surface area contributed by atoms with Crippen LogP contribution in [-0.2, 0) is 6.54 Å². The van der Waals surface area contributed by atoms with Gasteiger partial charge in [-0.05, 0) is 36.5 Å². The molecule has 0 unspecified atom stereocenters. The van der Waals surface area contributed by atoms with Crippen molar-refractivity contribution in [1.29, 1.82) is 0 Å². The van der Waals surface area contributed by atoms with Crippen molar-refractivity contribution in [1.82, 2.24) is 10.2 Å². The van der Waals surface area contributed by atoms with Crippen LogP contribution in [0.15, 0.2) is 24.3 Å². The topological polar surface area (TPSA) is 24.5 Å². The molecular formula is C15H22N2O. The third kappa shape index (κ3) is 3.47. The van der Waals surface area contributed by atoms with Gasteiger partial charge < -0.3 is 10.1 Å². The summed E-state index contributed by atoms with van der Waals surface area (Å²) in [5, 5.41) is 3.38. The maximum Gasteiger partial charge on any atom is 0.119 e. The minimum Gasteiger partial charge on any atom is -0.493 e. The first-order chi connectivity index (χ1) is 8.90. The number of rotatable bonds is 5. The first-order valence-corrected chi connectivity index (χ1v) is 7.05. The van der Waals surface area contributed by atoms with Crippen molar-refractivity contribution < 1.29 is 4.74 Å². The second kappa shape index (κ2) is 5.72. The number of nitrogens with zero attached hydrogens (tertiary/aromatic N) is 1. The molecule has 1 aliphatic heterocycles. The van der Waals surface area contributed by atoms with Crippen LogP contribution < -0.4 is 10.1 Å². The number of hydrogen-bond acceptors (Lipinski definition) is 3. The molecular weight excluding hydrogens is 224 g/mol. The summed E-state index contributed by atoms with van der Waals surface area (Å²) in [4.78, 5) is 2.50. The van der Waals surface area contributed by atoms with E-state index in [2.05, 4.69) is 34.5 Å². The Hall–Kier alpha value is -1.06. The molecule has 0 radical (unpaired) electrons. The fourth-order valence-corrected chi connectivity index (χ4v) is 2.32. The molecule has 0 amide bonds. The maximum absolute atomic E-state index is 5.75. The number of nitrogens with one attached hydrogen (secondary N) is 1. The quantitative estimate of drug-likeness (QED) is 0.858. The Morgan fingerprint density at radius 3 is 2.50 bits per heavy atom. The number of ether oxygens (including phenoxy) is 1. The summed E-state index contributed by atoms with van der Waals surface area (Å²) >= 11 is 0. The second-order valence-corrected chi connectivity index (χ2v) is 5.42. The fourth-order valence-electron chi connectivity index (χ4n) is 2.32. The van der Waals surface area contributed by atoms with Crippen LogP contribution in [-0.4, -0.2) is 37.7 Å². The van der Waals surface area contributed by atoms with Crippen LogP contribution >= 0.6 is 0 Å². The third-order valence-corrected chi connectivity index (χ3v) is 3.72. The molecule has 0 atom stereocenters. The first kappa shape index (κ1) is 12.0. The SMILES string of the molecule is c1cc(OCC2CC2)ccc1CN1CCNCC1. The molecule has 3 heteroatoms. The van der Waals surface area contributed by atoms with E-state index < -0.39 is 0 Å². The molecule has 1 aromatic carbocycles. The highest BCUT2D eigenvalue weighted by Crippen LogP contribution is 2.29. The van der Waals surface area contributed by atoms with Crippen LogP contribution in [0.2, 0.25) is 0 Å². The molecule has 0 spiro atoms. The van der Waals surface area contributed by atoms with Crippen molar-refractivity contribution in [2.75, 3.05) is 32.8 Å². The van der Waals surface area contributed by atoms with Gasteiger partial charge in [-0.1, -0.05) is 12.1 Å². The molecule has 2 aliphatic rings. The summed E-state index contributed by atoms with van der Waals surface area (Å²) < 4.78 is 5.75. The lowest BCUT2D eigenvalue weighted by Crippen LogP contribution is -2.42. The van der Waals surface area contributed by atoms with Crippen LogP contribution in [0.3, 0.4) is 0 Å². The molecule has 1 N–H and O–H groups in total. The Bertz CT molecular complexity index is 367. The molecule has 1 aliphatic carbocycles. The van der Waals surface area contributed by atoms with Gasteiger partial charge in [0.15, 0.2) is 0 Å². The summed E-state index contributed by atoms with van der Waals surface area (Å²) in [6.45, 7) is 6.49. The van der Waals surface area contributed by atoms with Crippen LogP contribution in [0.1, 0.15) is 18.4 Å². The van der Waals surface area contributed by atoms with Crippen molar-refractivity contribution in [2.45, 2.75) is 19.4 Å². The largest absolute Gasteiger partial charge is 0.493 e. The Labute approximate surface area is 109 Å². The van der Waals surface area contributed by atoms with Crippen LogP contribution in [0.5, 0.6) is 5.75 Å². The molecule has 2 fully saturated rings. The van der Waals surface area contributed by atoms with E-state index in [0.29, 0.717) is 0 Å². The first-order valence-electron chi connectivity index (χ1n) is 7.05. The average molecular weight is 246 g/mol. The van der Waals surface area contributed by atoms with Crippen molar-refractivity contribution >= 4 is 0 Å². The number of benzene rings is 1. The summed E-state index contributed by atoms with van der Waals surface area (Å²) in [5.74, 6) is 1.84. The second-order valence-electron chi connectivity index (χ2n) is 5.42. The Kier molecular flexibility index (Phi) is 3.81. The molecule has 1 saturated heterocycles. The van der Waals surface area contributed by atoms with Crippen LogP contribution in [0, 0.1) is 5.92 Å². The van der Waals surface area contributed by atoms with Gasteiger partial charge in [0, 0.05) is 32.7 Å². The standard InChI is InChI=1S/C15H22N2O/c1-2-14(1)12-18-15-5-3-13(4-6-15)11-17-9-7-16-8-10-17/h3-6,14,16H,1-2,7-12H2. The maximum atomic E-state index is 5.75. The van der Waals surface area contributed by atoms with Crippen LogP contribution in [0.25, 0.3) is 0 Å². The highest BCUT2D eigenvalue weighted by Gasteiger charge is 2.21. The molecule has 1 aromatic rings. The Morgan fingerprint density at radius 1 is 1.11 bits per heavy atom. The number of hydrogen-bond donors (Lipinski definition) is 1. The predicted octanol–water partition coefficient (Wildman–Crippen LogP) is 1.88. The van der Waals surface area contributed by atoms with Gasteiger partial charge in [0.1, 0.15) is 5.75 Å². The summed E-state index contributed by atoms with van der Waals surface area (Å²) in [6, 6.07) is 8.62. The van der Waals surface area contributed by atoms with Gasteiger partial charge in [0.2, 0.25) is 0 Å². The normalized spacial score (nSPS) is 20.9.